The van der Waals surface area contributed by atoms with Gasteiger partial charge >= 0.3 is 6.18 Å². The minimum absolute atomic E-state index is 0.216. The molecule has 0 aliphatic heterocycles. The van der Waals surface area contributed by atoms with Gasteiger partial charge in [-0.3, -0.25) is 4.79 Å². The highest BCUT2D eigenvalue weighted by Gasteiger charge is 2.34. The van der Waals surface area contributed by atoms with E-state index < -0.39 is 11.7 Å². The molecule has 0 fully saturated rings. The van der Waals surface area contributed by atoms with Crippen molar-refractivity contribution in [2.45, 2.75) is 45.7 Å². The predicted molar refractivity (Wildman–Crippen MR) is 114 cm³/mol. The summed E-state index contributed by atoms with van der Waals surface area (Å²) in [5.74, 6) is 0. The molecule has 1 amide bonds. The summed E-state index contributed by atoms with van der Waals surface area (Å²) in [5, 5.41) is 0. The quantitative estimate of drug-likeness (QED) is 0.519. The second kappa shape index (κ2) is 10.7. The molecule has 30 heavy (non-hydrogen) atoms. The Hall–Kier alpha value is -3.02. The molecule has 0 unspecified atom stereocenters. The molecule has 6 heteroatoms. The van der Waals surface area contributed by atoms with Crippen LogP contribution in [0.1, 0.15) is 41.4 Å². The lowest BCUT2D eigenvalue weighted by atomic mass is 10.0. The van der Waals surface area contributed by atoms with Crippen molar-refractivity contribution in [2.75, 3.05) is 0 Å². The lowest BCUT2D eigenvalue weighted by Crippen LogP contribution is -2.13. The highest BCUT2D eigenvalue weighted by Crippen LogP contribution is 2.35. The molecule has 0 saturated carbocycles. The molecule has 0 aliphatic carbocycles. The molecule has 3 nitrogen and oxygen atoms in total. The molecule has 2 N–H and O–H groups in total. The van der Waals surface area contributed by atoms with Crippen molar-refractivity contribution in [1.29, 1.82) is 0 Å². The van der Waals surface area contributed by atoms with E-state index >= 15 is 0 Å². The number of carbonyl (C=O) groups excluding carboxylic acids is 1. The van der Waals surface area contributed by atoms with E-state index in [2.05, 4.69) is 17.9 Å². The van der Waals surface area contributed by atoms with Crippen LogP contribution in [0.3, 0.4) is 0 Å². The maximum atomic E-state index is 13.5. The van der Waals surface area contributed by atoms with Crippen molar-refractivity contribution >= 4 is 6.41 Å². The first-order valence-electron chi connectivity index (χ1n) is 9.89. The zero-order valence-electron chi connectivity index (χ0n) is 17.2. The van der Waals surface area contributed by atoms with Gasteiger partial charge in [0, 0.05) is 11.4 Å². The van der Waals surface area contributed by atoms with Crippen molar-refractivity contribution in [2.24, 2.45) is 5.73 Å². The van der Waals surface area contributed by atoms with Gasteiger partial charge in [-0.1, -0.05) is 49.4 Å². The number of para-hydroxylation sites is 1. The fourth-order valence-corrected chi connectivity index (χ4v) is 3.73. The molecule has 0 aliphatic rings. The molecule has 0 spiro atoms. The van der Waals surface area contributed by atoms with Gasteiger partial charge in [-0.2, -0.15) is 13.2 Å². The monoisotopic (exact) mass is 416 g/mol. The van der Waals surface area contributed by atoms with Gasteiger partial charge in [0.05, 0.1) is 11.3 Å². The summed E-state index contributed by atoms with van der Waals surface area (Å²) in [4.78, 5) is 8.58. The standard InChI is InChI=1S/C23H24F3N.CH3NO/c1-3-21-19(13-9-12-18-10-5-4-6-11-18)16-17(2)27(21)22-15-8-7-14-20(22)23(24,25)26;2-1-3/h4-8,10-11,14-16H,3,9,12-13H2,1-2H3;1H,(H2,2,3). The summed E-state index contributed by atoms with van der Waals surface area (Å²) < 4.78 is 42.2. The zero-order valence-corrected chi connectivity index (χ0v) is 17.2. The van der Waals surface area contributed by atoms with Crippen molar-refractivity contribution in [3.8, 4) is 5.69 Å². The average Bonchev–Trinajstić information content (AvgIpc) is 3.04. The fourth-order valence-electron chi connectivity index (χ4n) is 3.73. The van der Waals surface area contributed by atoms with Crippen LogP contribution in [-0.4, -0.2) is 11.0 Å². The number of alkyl halides is 3. The number of aryl methyl sites for hydroxylation is 3. The van der Waals surface area contributed by atoms with Gasteiger partial charge < -0.3 is 10.3 Å². The van der Waals surface area contributed by atoms with E-state index in [9.17, 15) is 13.2 Å². The molecule has 1 heterocycles. The average molecular weight is 416 g/mol. The van der Waals surface area contributed by atoms with Crippen molar-refractivity contribution in [3.05, 3.63) is 88.7 Å². The lowest BCUT2D eigenvalue weighted by Gasteiger charge is -2.18. The van der Waals surface area contributed by atoms with Crippen molar-refractivity contribution in [3.63, 3.8) is 0 Å². The van der Waals surface area contributed by atoms with Gasteiger partial charge in [0.2, 0.25) is 6.41 Å². The maximum absolute atomic E-state index is 13.5. The van der Waals surface area contributed by atoms with E-state index in [0.717, 1.165) is 42.3 Å². The summed E-state index contributed by atoms with van der Waals surface area (Å²) >= 11 is 0. The summed E-state index contributed by atoms with van der Waals surface area (Å²) in [6, 6.07) is 18.1. The van der Waals surface area contributed by atoms with E-state index in [-0.39, 0.29) is 12.1 Å². The Morgan fingerprint density at radius 2 is 1.60 bits per heavy atom. The largest absolute Gasteiger partial charge is 0.418 e. The first kappa shape index (κ1) is 23.3. The van der Waals surface area contributed by atoms with Crippen LogP contribution in [0.15, 0.2) is 60.7 Å². The molecule has 0 bridgehead atoms. The Morgan fingerprint density at radius 1 is 1.00 bits per heavy atom. The minimum Gasteiger partial charge on any atom is -0.372 e. The number of halogens is 3. The molecule has 3 rings (SSSR count). The summed E-state index contributed by atoms with van der Waals surface area (Å²) in [5.41, 5.74) is 8.04. The number of hydrogen-bond acceptors (Lipinski definition) is 1. The highest BCUT2D eigenvalue weighted by molar-refractivity contribution is 5.48. The third-order valence-corrected chi connectivity index (χ3v) is 4.92. The number of nitrogens with zero attached hydrogens (tertiary/aromatic N) is 1. The van der Waals surface area contributed by atoms with Gasteiger partial charge in [0.25, 0.3) is 0 Å². The Morgan fingerprint density at radius 3 is 2.20 bits per heavy atom. The number of benzene rings is 2. The molecule has 3 aromatic rings. The van der Waals surface area contributed by atoms with Crippen molar-refractivity contribution < 1.29 is 18.0 Å². The molecule has 0 atom stereocenters. The molecule has 0 saturated heterocycles. The minimum atomic E-state index is -4.37. The van der Waals surface area contributed by atoms with Crippen molar-refractivity contribution in [1.82, 2.24) is 4.57 Å². The third kappa shape index (κ3) is 5.75. The first-order valence-corrected chi connectivity index (χ1v) is 9.89. The van der Waals surface area contributed by atoms with Gasteiger partial charge in [0.15, 0.2) is 0 Å². The van der Waals surface area contributed by atoms with Crippen LogP contribution in [-0.2, 0) is 30.2 Å². The predicted octanol–water partition coefficient (Wildman–Crippen LogP) is 5.64. The van der Waals surface area contributed by atoms with E-state index in [1.54, 1.807) is 16.7 Å². The number of primary amides is 1. The smallest absolute Gasteiger partial charge is 0.372 e. The van der Waals surface area contributed by atoms with E-state index in [0.29, 0.717) is 6.42 Å². The van der Waals surface area contributed by atoms with Gasteiger partial charge in [-0.15, -0.1) is 0 Å². The summed E-state index contributed by atoms with van der Waals surface area (Å²) in [6.07, 6.45) is -0.624. The van der Waals surface area contributed by atoms with Gasteiger partial charge in [-0.25, -0.2) is 0 Å². The molecular formula is C24H27F3N2O. The topological polar surface area (TPSA) is 48.0 Å². The Balaban J connectivity index is 0.00000101. The van der Waals surface area contributed by atoms with Crippen LogP contribution < -0.4 is 5.73 Å². The lowest BCUT2D eigenvalue weighted by molar-refractivity contribution is -0.137. The zero-order chi connectivity index (χ0) is 22.1. The van der Waals surface area contributed by atoms with Crippen LogP contribution in [0.25, 0.3) is 5.69 Å². The van der Waals surface area contributed by atoms with Gasteiger partial charge in [-0.05, 0) is 61.9 Å². The third-order valence-electron chi connectivity index (χ3n) is 4.92. The number of amides is 1. The number of nitrogens with two attached hydrogens (primary N) is 1. The second-order valence-electron chi connectivity index (χ2n) is 6.94. The number of hydrogen-bond donors (Lipinski definition) is 1. The summed E-state index contributed by atoms with van der Waals surface area (Å²) in [7, 11) is 0. The Labute approximate surface area is 175 Å². The van der Waals surface area contributed by atoms with E-state index in [1.165, 1.54) is 11.6 Å². The van der Waals surface area contributed by atoms with Crippen LogP contribution in [0.2, 0.25) is 0 Å². The molecule has 2 aromatic carbocycles. The van der Waals surface area contributed by atoms with E-state index in [4.69, 9.17) is 4.79 Å². The summed E-state index contributed by atoms with van der Waals surface area (Å²) in [6.45, 7) is 3.88. The molecule has 160 valence electrons. The van der Waals surface area contributed by atoms with E-state index in [1.807, 2.05) is 38.1 Å². The number of aromatic nitrogens is 1. The molecular weight excluding hydrogens is 389 g/mol. The Kier molecular flexibility index (Phi) is 8.27. The SMILES string of the molecule is CCc1c(CCCc2ccccc2)cc(C)n1-c1ccccc1C(F)(F)F.NC=O. The number of rotatable bonds is 6. The van der Waals surface area contributed by atoms with Crippen LogP contribution in [0.5, 0.6) is 0 Å². The molecule has 1 aromatic heterocycles. The first-order chi connectivity index (χ1) is 14.3. The fraction of sp³-hybridized carbons (Fsp3) is 0.292. The Bertz CT molecular complexity index is 947. The maximum Gasteiger partial charge on any atom is 0.418 e. The van der Waals surface area contributed by atoms with Crippen LogP contribution in [0.4, 0.5) is 13.2 Å². The second-order valence-corrected chi connectivity index (χ2v) is 6.94. The molecule has 0 radical (unpaired) electrons. The normalized spacial score (nSPS) is 11.0. The highest BCUT2D eigenvalue weighted by atomic mass is 19.4. The van der Waals surface area contributed by atoms with Gasteiger partial charge in [0.1, 0.15) is 0 Å². The number of carbonyl (C=O) groups is 1. The van der Waals surface area contributed by atoms with Crippen LogP contribution in [0, 0.1) is 6.92 Å². The van der Waals surface area contributed by atoms with Crippen LogP contribution >= 0.6 is 0 Å².